The van der Waals surface area contributed by atoms with Gasteiger partial charge in [0.2, 0.25) is 11.8 Å². The van der Waals surface area contributed by atoms with Gasteiger partial charge in [-0.05, 0) is 37.1 Å². The Morgan fingerprint density at radius 1 is 1.28 bits per heavy atom. The van der Waals surface area contributed by atoms with Crippen LogP contribution in [-0.2, 0) is 0 Å². The predicted octanol–water partition coefficient (Wildman–Crippen LogP) is 3.88. The van der Waals surface area contributed by atoms with E-state index in [1.807, 2.05) is 26.0 Å². The zero-order valence-electron chi connectivity index (χ0n) is 9.87. The van der Waals surface area contributed by atoms with Gasteiger partial charge in [-0.1, -0.05) is 27.5 Å². The molecule has 1 aromatic heterocycles. The number of hydrogen-bond donors (Lipinski definition) is 1. The summed E-state index contributed by atoms with van der Waals surface area (Å²) >= 11 is 9.44. The lowest BCUT2D eigenvalue weighted by atomic mass is 10.1. The summed E-state index contributed by atoms with van der Waals surface area (Å²) in [6, 6.07) is 3.79. The number of aryl methyl sites for hydroxylation is 2. The molecule has 1 heterocycles. The summed E-state index contributed by atoms with van der Waals surface area (Å²) in [7, 11) is 0. The van der Waals surface area contributed by atoms with Gasteiger partial charge in [-0.2, -0.15) is 4.98 Å². The van der Waals surface area contributed by atoms with Gasteiger partial charge in [-0.15, -0.1) is 0 Å². The van der Waals surface area contributed by atoms with Crippen molar-refractivity contribution in [2.45, 2.75) is 13.8 Å². The van der Waals surface area contributed by atoms with Gasteiger partial charge < -0.3 is 10.5 Å². The lowest BCUT2D eigenvalue weighted by Crippen LogP contribution is -1.97. The summed E-state index contributed by atoms with van der Waals surface area (Å²) in [6.07, 6.45) is 1.41. The zero-order chi connectivity index (χ0) is 13.3. The number of aromatic nitrogens is 2. The van der Waals surface area contributed by atoms with Crippen molar-refractivity contribution >= 4 is 33.5 Å². The first-order valence-electron chi connectivity index (χ1n) is 5.20. The molecule has 0 saturated heterocycles. The van der Waals surface area contributed by atoms with E-state index in [0.29, 0.717) is 10.8 Å². The number of anilines is 1. The number of hydrogen-bond acceptors (Lipinski definition) is 4. The molecule has 6 heteroatoms. The lowest BCUT2D eigenvalue weighted by Gasteiger charge is -2.10. The van der Waals surface area contributed by atoms with Crippen LogP contribution in [0.15, 0.2) is 22.8 Å². The van der Waals surface area contributed by atoms with Gasteiger partial charge in [0.1, 0.15) is 10.8 Å². The molecule has 2 N–H and O–H groups in total. The highest BCUT2D eigenvalue weighted by Crippen LogP contribution is 2.31. The fourth-order valence-corrected chi connectivity index (χ4v) is 1.87. The van der Waals surface area contributed by atoms with Crippen molar-refractivity contribution < 1.29 is 4.74 Å². The van der Waals surface area contributed by atoms with Crippen molar-refractivity contribution in [3.05, 3.63) is 39.0 Å². The molecule has 0 fully saturated rings. The van der Waals surface area contributed by atoms with E-state index in [9.17, 15) is 0 Å². The van der Waals surface area contributed by atoms with Crippen LogP contribution in [0.5, 0.6) is 11.6 Å². The molecule has 18 heavy (non-hydrogen) atoms. The van der Waals surface area contributed by atoms with Crippen molar-refractivity contribution in [2.75, 3.05) is 5.73 Å². The Kier molecular flexibility index (Phi) is 3.73. The predicted molar refractivity (Wildman–Crippen MR) is 75.1 cm³/mol. The van der Waals surface area contributed by atoms with E-state index in [0.717, 1.165) is 15.6 Å². The highest BCUT2D eigenvalue weighted by Gasteiger charge is 2.09. The highest BCUT2D eigenvalue weighted by atomic mass is 79.9. The summed E-state index contributed by atoms with van der Waals surface area (Å²) in [4.78, 5) is 7.73. The zero-order valence-corrected chi connectivity index (χ0v) is 12.2. The van der Waals surface area contributed by atoms with E-state index in [4.69, 9.17) is 22.1 Å². The monoisotopic (exact) mass is 327 g/mol. The largest absolute Gasteiger partial charge is 0.437 e. The van der Waals surface area contributed by atoms with Crippen LogP contribution >= 0.6 is 27.5 Å². The summed E-state index contributed by atoms with van der Waals surface area (Å²) in [5.74, 6) is 1.04. The smallest absolute Gasteiger partial charge is 0.243 e. The Morgan fingerprint density at radius 2 is 1.89 bits per heavy atom. The molecular weight excluding hydrogens is 318 g/mol. The average molecular weight is 329 g/mol. The first-order valence-corrected chi connectivity index (χ1v) is 6.37. The second-order valence-electron chi connectivity index (χ2n) is 3.85. The van der Waals surface area contributed by atoms with Crippen LogP contribution in [0.3, 0.4) is 0 Å². The minimum absolute atomic E-state index is 0.125. The van der Waals surface area contributed by atoms with Crippen LogP contribution in [0.2, 0.25) is 5.02 Å². The molecule has 0 aliphatic carbocycles. The summed E-state index contributed by atoms with van der Waals surface area (Å²) < 4.78 is 6.68. The van der Waals surface area contributed by atoms with Crippen LogP contribution in [0, 0.1) is 13.8 Å². The lowest BCUT2D eigenvalue weighted by molar-refractivity contribution is 0.462. The second-order valence-corrected chi connectivity index (χ2v) is 5.05. The minimum Gasteiger partial charge on any atom is -0.437 e. The maximum atomic E-state index is 5.94. The van der Waals surface area contributed by atoms with Crippen molar-refractivity contribution in [1.29, 1.82) is 0 Å². The van der Waals surface area contributed by atoms with Gasteiger partial charge in [0, 0.05) is 4.47 Å². The molecule has 0 unspecified atom stereocenters. The third-order valence-corrected chi connectivity index (χ3v) is 3.87. The van der Waals surface area contributed by atoms with Crippen molar-refractivity contribution in [1.82, 2.24) is 9.97 Å². The number of rotatable bonds is 2. The highest BCUT2D eigenvalue weighted by molar-refractivity contribution is 9.10. The first-order chi connectivity index (χ1) is 8.47. The second kappa shape index (κ2) is 5.12. The normalized spacial score (nSPS) is 10.4. The molecule has 0 spiro atoms. The van der Waals surface area contributed by atoms with E-state index in [2.05, 4.69) is 25.9 Å². The molecule has 1 aromatic carbocycles. The summed E-state index contributed by atoms with van der Waals surface area (Å²) in [6.45, 7) is 3.97. The van der Waals surface area contributed by atoms with Crippen molar-refractivity contribution in [2.24, 2.45) is 0 Å². The standard InChI is InChI=1S/C12H11BrClN3O/c1-6-3-8(4-7(2)10(6)13)18-11-9(14)5-16-12(15)17-11/h3-5H,1-2H3,(H2,15,16,17). The van der Waals surface area contributed by atoms with E-state index >= 15 is 0 Å². The number of nitrogen functional groups attached to an aromatic ring is 1. The maximum absolute atomic E-state index is 5.94. The number of nitrogens with zero attached hydrogens (tertiary/aromatic N) is 2. The Balaban J connectivity index is 2.37. The van der Waals surface area contributed by atoms with Crippen LogP contribution in [0.25, 0.3) is 0 Å². The Hall–Kier alpha value is -1.33. The van der Waals surface area contributed by atoms with E-state index in [-0.39, 0.29) is 11.8 Å². The van der Waals surface area contributed by atoms with Gasteiger partial charge in [0.25, 0.3) is 0 Å². The Bertz CT molecular complexity index is 581. The molecule has 0 atom stereocenters. The van der Waals surface area contributed by atoms with E-state index in [1.165, 1.54) is 6.20 Å². The molecule has 0 bridgehead atoms. The number of ether oxygens (including phenoxy) is 1. The molecule has 0 aliphatic rings. The van der Waals surface area contributed by atoms with E-state index < -0.39 is 0 Å². The quantitative estimate of drug-likeness (QED) is 0.908. The van der Waals surface area contributed by atoms with E-state index in [1.54, 1.807) is 0 Å². The van der Waals surface area contributed by atoms with Gasteiger partial charge in [0.05, 0.1) is 6.20 Å². The maximum Gasteiger partial charge on any atom is 0.243 e. The summed E-state index contributed by atoms with van der Waals surface area (Å²) in [5.41, 5.74) is 7.64. The third kappa shape index (κ3) is 2.73. The topological polar surface area (TPSA) is 61.0 Å². The molecule has 94 valence electrons. The fourth-order valence-electron chi connectivity index (χ4n) is 1.51. The SMILES string of the molecule is Cc1cc(Oc2nc(N)ncc2Cl)cc(C)c1Br. The van der Waals surface area contributed by atoms with Gasteiger partial charge in [-0.25, -0.2) is 4.98 Å². The minimum atomic E-state index is 0.125. The van der Waals surface area contributed by atoms with Crippen LogP contribution in [0.4, 0.5) is 5.95 Å². The fraction of sp³-hybridized carbons (Fsp3) is 0.167. The number of halogens is 2. The Morgan fingerprint density at radius 3 is 2.50 bits per heavy atom. The molecular formula is C12H11BrClN3O. The number of benzene rings is 1. The molecule has 4 nitrogen and oxygen atoms in total. The molecule has 2 rings (SSSR count). The first kappa shape index (κ1) is 13.1. The third-order valence-electron chi connectivity index (χ3n) is 2.36. The van der Waals surface area contributed by atoms with Crippen LogP contribution < -0.4 is 10.5 Å². The van der Waals surface area contributed by atoms with Crippen LogP contribution in [0.1, 0.15) is 11.1 Å². The Labute approximate surface area is 118 Å². The van der Waals surface area contributed by atoms with Gasteiger partial charge >= 0.3 is 0 Å². The summed E-state index contributed by atoms with van der Waals surface area (Å²) in [5, 5.41) is 0.322. The van der Waals surface area contributed by atoms with Crippen molar-refractivity contribution in [3.63, 3.8) is 0 Å². The van der Waals surface area contributed by atoms with Gasteiger partial charge in [0.15, 0.2) is 0 Å². The van der Waals surface area contributed by atoms with Gasteiger partial charge in [-0.3, -0.25) is 0 Å². The molecule has 0 saturated carbocycles. The molecule has 0 radical (unpaired) electrons. The molecule has 0 amide bonds. The molecule has 2 aromatic rings. The molecule has 0 aliphatic heterocycles. The number of nitrogens with two attached hydrogens (primary N) is 1. The van der Waals surface area contributed by atoms with Crippen LogP contribution in [-0.4, -0.2) is 9.97 Å². The van der Waals surface area contributed by atoms with Crippen molar-refractivity contribution in [3.8, 4) is 11.6 Å². The average Bonchev–Trinajstić information content (AvgIpc) is 2.31.